The molecule has 1 aromatic carbocycles. The maximum Gasteiger partial charge on any atom is 0.490 e. The standard InChI is InChI=1S/C63H105N15O19.C2HF3O2/c1-15-33(10)42-56(90)76-43(34(11)80)55(89)68-27-41(81)74-45(48(83)50(64)84)58(92)72-40(28-79)60(94)96-49(35-20-17-16-18-21-35)46(78-54(88)38(25-30(4)5)70-53(87)39(26-31(6)7)73-62(95)97-63(12,13)14)59(93)77-44(47(82)32(8)9)57(91)71-37(24-29(2)3)52(86)69-36(51(85)75-42)22-19-23-67-61(65)66;3-2(4,5)1(6)7/h16-18,20-21,29-34,36-40,42-49,79-80,82-83H,15,19,22-28H2,1-14H3,(H2,64,84)(H,68,89)(H,69,86)(H,70,87)(H,71,91)(H,72,92)(H,73,95)(H,74,81)(H,75,85)(H,76,90)(H,77,93)(H,78,88)(H4,65,66,67);(H,6,7)/t33-,34-,36+,37-,38-,39+,40-,42-,43-,44-,45-,46-,47+,48-,49+;/m0./s1. The molecule has 2 rings (SSSR count). The lowest BCUT2D eigenvalue weighted by Crippen LogP contribution is -2.64. The number of carbonyl (C=O) groups is 14. The number of nitrogens with two attached hydrogens (primary N) is 3. The summed E-state index contributed by atoms with van der Waals surface area (Å²) in [4.78, 5) is 198. The molecule has 1 saturated heterocycles. The summed E-state index contributed by atoms with van der Waals surface area (Å²) in [5.41, 5.74) is 15.4. The van der Waals surface area contributed by atoms with E-state index in [1.165, 1.54) is 44.2 Å². The third kappa shape index (κ3) is 32.9. The zero-order valence-corrected chi connectivity index (χ0v) is 60.8. The number of nitrogens with zero attached hydrogens (tertiary/aromatic N) is 1. The number of aliphatic hydroxyl groups excluding tert-OH is 4. The molecule has 15 atom stereocenters. The van der Waals surface area contributed by atoms with Crippen molar-refractivity contribution in [3.05, 3.63) is 35.9 Å². The zero-order valence-electron chi connectivity index (χ0n) is 60.8. The Balaban J connectivity index is 0.00000731. The van der Waals surface area contributed by atoms with Gasteiger partial charge in [-0.1, -0.05) is 106 Å². The topological polar surface area (TPSA) is 581 Å². The van der Waals surface area contributed by atoms with Crippen LogP contribution >= 0.6 is 0 Å². The number of carbonyl (C=O) groups excluding carboxylic acids is 13. The lowest BCUT2D eigenvalue weighted by molar-refractivity contribution is -0.192. The number of benzene rings is 1. The second-order valence-electron chi connectivity index (χ2n) is 27.5. The second-order valence-corrected chi connectivity index (χ2v) is 27.5. The summed E-state index contributed by atoms with van der Waals surface area (Å²) in [6.45, 7) is 19.9. The minimum atomic E-state index is -5.08. The maximum atomic E-state index is 15.5. The molecule has 1 aromatic rings. The third-order valence-corrected chi connectivity index (χ3v) is 15.3. The Morgan fingerprint density at radius 3 is 1.62 bits per heavy atom. The van der Waals surface area contributed by atoms with Crippen molar-refractivity contribution < 1.29 is 115 Å². The lowest BCUT2D eigenvalue weighted by Gasteiger charge is -2.34. The van der Waals surface area contributed by atoms with E-state index in [9.17, 15) is 81.5 Å². The van der Waals surface area contributed by atoms with Crippen LogP contribution in [0.3, 0.4) is 0 Å². The van der Waals surface area contributed by atoms with Gasteiger partial charge in [0.15, 0.2) is 24.2 Å². The fraction of sp³-hybridized carbons (Fsp3) is 0.677. The Hall–Kier alpha value is -9.50. The van der Waals surface area contributed by atoms with Gasteiger partial charge in [0, 0.05) is 6.54 Å². The number of aliphatic imine (C=N–C) groups is 1. The van der Waals surface area contributed by atoms with Crippen LogP contribution in [0.5, 0.6) is 0 Å². The predicted octanol–water partition coefficient (Wildman–Crippen LogP) is -3.24. The first-order valence-corrected chi connectivity index (χ1v) is 33.6. The van der Waals surface area contributed by atoms with Crippen molar-refractivity contribution in [3.8, 4) is 0 Å². The summed E-state index contributed by atoms with van der Waals surface area (Å²) in [5.74, 6) is -20.7. The molecule has 0 saturated carbocycles. The number of cyclic esters (lactones) is 1. The Labute approximate surface area is 600 Å². The summed E-state index contributed by atoms with van der Waals surface area (Å²) in [7, 11) is 0. The molecule has 1 aliphatic rings. The Morgan fingerprint density at radius 2 is 1.14 bits per heavy atom. The highest BCUT2D eigenvalue weighted by Gasteiger charge is 2.44. The molecule has 12 amide bonds. The van der Waals surface area contributed by atoms with Crippen LogP contribution in [0.15, 0.2) is 35.3 Å². The molecular weight excluding hydrogens is 1380 g/mol. The summed E-state index contributed by atoms with van der Waals surface area (Å²) >= 11 is 0. The number of nitrogens with one attached hydrogen (secondary N) is 11. The van der Waals surface area contributed by atoms with E-state index in [1.807, 2.05) is 10.6 Å². The number of aliphatic hydroxyl groups is 4. The molecule has 1 heterocycles. The summed E-state index contributed by atoms with van der Waals surface area (Å²) in [6, 6.07) is -11.4. The smallest absolute Gasteiger partial charge is 0.475 e. The number of rotatable bonds is 24. The van der Waals surface area contributed by atoms with Gasteiger partial charge in [-0.05, 0) is 95.0 Å². The average Bonchev–Trinajstić information content (AvgIpc) is 0.808. The highest BCUT2D eigenvalue weighted by atomic mass is 19.4. The average molecular weight is 1490 g/mol. The van der Waals surface area contributed by atoms with E-state index in [0.717, 1.165) is 6.92 Å². The molecule has 0 radical (unpaired) electrons. The number of alkyl carbamates (subject to hydrolysis) is 1. The molecule has 0 aromatic heterocycles. The third-order valence-electron chi connectivity index (χ3n) is 15.3. The van der Waals surface area contributed by atoms with Crippen molar-refractivity contribution in [3.63, 3.8) is 0 Å². The fourth-order valence-electron chi connectivity index (χ4n) is 9.78. The fourth-order valence-corrected chi connectivity index (χ4v) is 9.78. The van der Waals surface area contributed by atoms with E-state index in [2.05, 4.69) is 52.8 Å². The van der Waals surface area contributed by atoms with Gasteiger partial charge in [-0.15, -0.1) is 0 Å². The number of carboxylic acid groups (broad SMARTS) is 1. The molecule has 0 unspecified atom stereocenters. The van der Waals surface area contributed by atoms with Crippen LogP contribution < -0.4 is 75.7 Å². The van der Waals surface area contributed by atoms with E-state index in [-0.39, 0.29) is 62.5 Å². The number of halogens is 3. The quantitative estimate of drug-likeness (QED) is 0.0209. The number of amides is 12. The minimum Gasteiger partial charge on any atom is -0.475 e. The molecule has 39 heteroatoms. The number of primary amides is 1. The van der Waals surface area contributed by atoms with Crippen LogP contribution in [0.2, 0.25) is 0 Å². The molecule has 22 N–H and O–H groups in total. The van der Waals surface area contributed by atoms with Gasteiger partial charge in [-0.25, -0.2) is 14.4 Å². The molecule has 0 spiro atoms. The number of hydrogen-bond acceptors (Lipinski definition) is 21. The van der Waals surface area contributed by atoms with Gasteiger partial charge in [-0.3, -0.25) is 57.7 Å². The van der Waals surface area contributed by atoms with Gasteiger partial charge >= 0.3 is 24.2 Å². The van der Waals surface area contributed by atoms with Crippen LogP contribution in [-0.4, -0.2) is 225 Å². The first-order valence-electron chi connectivity index (χ1n) is 33.6. The van der Waals surface area contributed by atoms with Crippen LogP contribution in [0.4, 0.5) is 18.0 Å². The highest BCUT2D eigenvalue weighted by Crippen LogP contribution is 2.25. The van der Waals surface area contributed by atoms with E-state index in [0.29, 0.717) is 0 Å². The summed E-state index contributed by atoms with van der Waals surface area (Å²) < 4.78 is 43.1. The van der Waals surface area contributed by atoms with Crippen molar-refractivity contribution in [2.24, 2.45) is 51.8 Å². The molecule has 1 aliphatic heterocycles. The number of aliphatic carboxylic acids is 1. The molecular formula is C65H106F3N15O21. The molecule has 1 fully saturated rings. The Kier molecular flexibility index (Phi) is 38.8. The van der Waals surface area contributed by atoms with E-state index in [1.54, 1.807) is 76.2 Å². The maximum absolute atomic E-state index is 15.5. The minimum absolute atomic E-state index is 0.0311. The van der Waals surface area contributed by atoms with Crippen molar-refractivity contribution in [2.45, 2.75) is 232 Å². The Bertz CT molecular complexity index is 3120. The van der Waals surface area contributed by atoms with Crippen LogP contribution in [0.1, 0.15) is 147 Å². The van der Waals surface area contributed by atoms with E-state index in [4.69, 9.17) is 36.6 Å². The molecule has 588 valence electrons. The van der Waals surface area contributed by atoms with E-state index >= 15 is 14.4 Å². The number of esters is 1. The summed E-state index contributed by atoms with van der Waals surface area (Å²) in [6.07, 6.45) is -14.5. The molecule has 0 bridgehead atoms. The van der Waals surface area contributed by atoms with Crippen molar-refractivity contribution in [1.29, 1.82) is 0 Å². The molecule has 0 aliphatic carbocycles. The van der Waals surface area contributed by atoms with E-state index < -0.39 is 216 Å². The number of alkyl halides is 3. The SMILES string of the molecule is CC[C@H](C)[C@@H]1NC(=O)[C@@H](CCCN=C(N)N)NC(=O)[C@H](CC(C)C)NC(=O)[C@H]([C@H](O)C(C)C)NC(=O)[C@@H](NC(=O)[C@H](CC(C)C)NC(=O)[C@@H](CC(C)C)NC(=O)OC(C)(C)C)[C@@H](c2ccccc2)OC(=O)[C@H](CO)NC(=O)[C@H]([C@H](O)C(N)=O)NC(=O)CNC(=O)[C@H]([C@H](C)O)NC1=O.O=C(O)C(F)(F)F. The van der Waals surface area contributed by atoms with Gasteiger partial charge < -0.3 is 111 Å². The van der Waals surface area contributed by atoms with Crippen molar-refractivity contribution >= 4 is 89.0 Å². The van der Waals surface area contributed by atoms with Gasteiger partial charge in [0.2, 0.25) is 65.0 Å². The Morgan fingerprint density at radius 1 is 0.644 bits per heavy atom. The van der Waals surface area contributed by atoms with Crippen LogP contribution in [-0.2, 0) is 71.8 Å². The van der Waals surface area contributed by atoms with Crippen molar-refractivity contribution in [1.82, 2.24) is 58.5 Å². The van der Waals surface area contributed by atoms with Crippen molar-refractivity contribution in [2.75, 3.05) is 19.7 Å². The molecule has 36 nitrogen and oxygen atoms in total. The number of ether oxygens (including phenoxy) is 2. The zero-order chi connectivity index (χ0) is 80.0. The normalized spacial score (nSPS) is 23.0. The van der Waals surface area contributed by atoms with Crippen LogP contribution in [0.25, 0.3) is 0 Å². The van der Waals surface area contributed by atoms with Gasteiger partial charge in [0.25, 0.3) is 0 Å². The van der Waals surface area contributed by atoms with Crippen LogP contribution in [0, 0.1) is 29.6 Å². The van der Waals surface area contributed by atoms with Gasteiger partial charge in [-0.2, -0.15) is 13.2 Å². The first kappa shape index (κ1) is 92.5. The first-order chi connectivity index (χ1) is 48.1. The number of guanidine groups is 1. The number of hydrogen-bond donors (Lipinski definition) is 19. The second kappa shape index (κ2) is 43.6. The predicted molar refractivity (Wildman–Crippen MR) is 365 cm³/mol. The monoisotopic (exact) mass is 1490 g/mol. The van der Waals surface area contributed by atoms with Gasteiger partial charge in [0.05, 0.1) is 25.4 Å². The molecule has 104 heavy (non-hydrogen) atoms. The lowest BCUT2D eigenvalue weighted by atomic mass is 9.95. The number of carboxylic acids is 1. The van der Waals surface area contributed by atoms with Gasteiger partial charge in [0.1, 0.15) is 60.0 Å². The summed E-state index contributed by atoms with van der Waals surface area (Å²) in [5, 5.41) is 78.0. The highest BCUT2D eigenvalue weighted by molar-refractivity contribution is 6.00. The largest absolute Gasteiger partial charge is 0.490 e.